The Morgan fingerprint density at radius 2 is 2.05 bits per heavy atom. The molecule has 0 atom stereocenters. The second-order valence-corrected chi connectivity index (χ2v) is 8.23. The fourth-order valence-corrected chi connectivity index (χ4v) is 4.06. The first-order valence-electron chi connectivity index (χ1n) is 6.98. The van der Waals surface area contributed by atoms with Gasteiger partial charge in [0.05, 0.1) is 16.0 Å². The maximum atomic E-state index is 12.8. The van der Waals surface area contributed by atoms with Crippen LogP contribution in [0.5, 0.6) is 0 Å². The number of pyridine rings is 1. The van der Waals surface area contributed by atoms with Gasteiger partial charge in [0.25, 0.3) is 6.43 Å². The molecule has 0 bridgehead atoms. The Kier molecular flexibility index (Phi) is 6.10. The highest BCUT2D eigenvalue weighted by molar-refractivity contribution is 9.10. The number of anilines is 1. The topological polar surface area (TPSA) is 62.3 Å². The Balaban J connectivity index is 1.77. The van der Waals surface area contributed by atoms with Crippen LogP contribution in [-0.4, -0.2) is 56.0 Å². The molecule has 2 heterocycles. The predicted molar refractivity (Wildman–Crippen MR) is 85.1 cm³/mol. The highest BCUT2D eigenvalue weighted by atomic mass is 79.9. The van der Waals surface area contributed by atoms with Gasteiger partial charge in [-0.15, -0.1) is 0 Å². The van der Waals surface area contributed by atoms with E-state index in [0.717, 1.165) is 13.0 Å². The summed E-state index contributed by atoms with van der Waals surface area (Å²) in [6.45, 7) is 2.48. The van der Waals surface area contributed by atoms with Crippen LogP contribution >= 0.6 is 15.9 Å². The summed E-state index contributed by atoms with van der Waals surface area (Å²) in [5.41, 5.74) is -0.0845. The van der Waals surface area contributed by atoms with Crippen molar-refractivity contribution in [2.75, 3.05) is 43.0 Å². The molecule has 1 aliphatic rings. The fraction of sp³-hybridized carbons (Fsp3) is 0.615. The lowest BCUT2D eigenvalue weighted by Gasteiger charge is -2.26. The molecule has 0 unspecified atom stereocenters. The highest BCUT2D eigenvalue weighted by Gasteiger charge is 2.21. The molecule has 0 amide bonds. The van der Waals surface area contributed by atoms with Crippen LogP contribution in [0, 0.1) is 0 Å². The van der Waals surface area contributed by atoms with Crippen LogP contribution in [0.15, 0.2) is 16.7 Å². The van der Waals surface area contributed by atoms with E-state index in [-0.39, 0.29) is 21.5 Å². The molecule has 0 radical (unpaired) electrons. The SMILES string of the molecule is O=S1(=O)CCN(CCCNc2nccc(C(F)F)c2Br)CC1. The van der Waals surface area contributed by atoms with Crippen molar-refractivity contribution in [3.8, 4) is 0 Å². The quantitative estimate of drug-likeness (QED) is 0.746. The van der Waals surface area contributed by atoms with Crippen LogP contribution in [-0.2, 0) is 9.84 Å². The lowest BCUT2D eigenvalue weighted by atomic mass is 10.2. The maximum absolute atomic E-state index is 12.8. The van der Waals surface area contributed by atoms with Crippen molar-refractivity contribution < 1.29 is 17.2 Å². The molecule has 0 aromatic carbocycles. The van der Waals surface area contributed by atoms with Gasteiger partial charge in [0.2, 0.25) is 0 Å². The number of halogens is 3. The van der Waals surface area contributed by atoms with E-state index in [1.54, 1.807) is 0 Å². The van der Waals surface area contributed by atoms with Gasteiger partial charge in [-0.1, -0.05) is 0 Å². The number of sulfone groups is 1. The molecule has 0 aliphatic carbocycles. The van der Waals surface area contributed by atoms with Gasteiger partial charge in [-0.2, -0.15) is 0 Å². The number of hydrogen-bond acceptors (Lipinski definition) is 5. The molecule has 1 saturated heterocycles. The zero-order chi connectivity index (χ0) is 16.2. The number of aromatic nitrogens is 1. The molecular formula is C13H18BrF2N3O2S. The first-order valence-corrected chi connectivity index (χ1v) is 9.60. The van der Waals surface area contributed by atoms with Gasteiger partial charge < -0.3 is 10.2 Å². The zero-order valence-corrected chi connectivity index (χ0v) is 14.3. The molecule has 1 aliphatic heterocycles. The molecule has 1 aromatic heterocycles. The van der Waals surface area contributed by atoms with Gasteiger partial charge >= 0.3 is 0 Å². The summed E-state index contributed by atoms with van der Waals surface area (Å²) in [7, 11) is -2.85. The van der Waals surface area contributed by atoms with Crippen molar-refractivity contribution in [2.24, 2.45) is 0 Å². The monoisotopic (exact) mass is 397 g/mol. The summed E-state index contributed by atoms with van der Waals surface area (Å²) in [5.74, 6) is 0.826. The molecule has 2 rings (SSSR count). The number of rotatable bonds is 6. The van der Waals surface area contributed by atoms with Gasteiger partial charge in [-0.05, 0) is 35.0 Å². The lowest BCUT2D eigenvalue weighted by Crippen LogP contribution is -2.41. The van der Waals surface area contributed by atoms with E-state index in [9.17, 15) is 17.2 Å². The Labute approximate surface area is 137 Å². The summed E-state index contributed by atoms with van der Waals surface area (Å²) in [6, 6.07) is 1.29. The van der Waals surface area contributed by atoms with Crippen molar-refractivity contribution in [2.45, 2.75) is 12.8 Å². The normalized spacial score (nSPS) is 18.5. The fourth-order valence-electron chi connectivity index (χ4n) is 2.23. The third-order valence-electron chi connectivity index (χ3n) is 3.53. The molecule has 22 heavy (non-hydrogen) atoms. The Morgan fingerprint density at radius 3 is 2.68 bits per heavy atom. The third-order valence-corrected chi connectivity index (χ3v) is 5.98. The average molecular weight is 398 g/mol. The lowest BCUT2D eigenvalue weighted by molar-refractivity contribution is 0.150. The van der Waals surface area contributed by atoms with Crippen LogP contribution < -0.4 is 5.32 Å². The van der Waals surface area contributed by atoms with E-state index in [4.69, 9.17) is 0 Å². The number of nitrogens with one attached hydrogen (secondary N) is 1. The maximum Gasteiger partial charge on any atom is 0.265 e. The number of hydrogen-bond donors (Lipinski definition) is 1. The van der Waals surface area contributed by atoms with Crippen LogP contribution in [0.25, 0.3) is 0 Å². The van der Waals surface area contributed by atoms with Gasteiger partial charge in [0.1, 0.15) is 5.82 Å². The summed E-state index contributed by atoms with van der Waals surface area (Å²) < 4.78 is 48.5. The van der Waals surface area contributed by atoms with Gasteiger partial charge in [0.15, 0.2) is 9.84 Å². The minimum atomic E-state index is -2.85. The minimum Gasteiger partial charge on any atom is -0.369 e. The molecule has 5 nitrogen and oxygen atoms in total. The summed E-state index contributed by atoms with van der Waals surface area (Å²) >= 11 is 3.14. The molecule has 0 spiro atoms. The van der Waals surface area contributed by atoms with Gasteiger partial charge in [-0.25, -0.2) is 22.2 Å². The first kappa shape index (κ1) is 17.6. The van der Waals surface area contributed by atoms with E-state index >= 15 is 0 Å². The molecular weight excluding hydrogens is 380 g/mol. The van der Waals surface area contributed by atoms with Crippen molar-refractivity contribution in [3.63, 3.8) is 0 Å². The van der Waals surface area contributed by atoms with E-state index in [1.165, 1.54) is 12.3 Å². The van der Waals surface area contributed by atoms with Crippen LogP contribution in [0.3, 0.4) is 0 Å². The third kappa shape index (κ3) is 4.85. The average Bonchev–Trinajstić information content (AvgIpc) is 2.46. The van der Waals surface area contributed by atoms with E-state index < -0.39 is 16.3 Å². The Hall–Kier alpha value is -0.800. The van der Waals surface area contributed by atoms with Crippen molar-refractivity contribution in [3.05, 3.63) is 22.3 Å². The Bertz CT molecular complexity index is 599. The van der Waals surface area contributed by atoms with Crippen LogP contribution in [0.4, 0.5) is 14.6 Å². The standard InChI is InChI=1S/C13H18BrF2N3O2S/c14-11-10(12(15)16)2-4-18-13(11)17-3-1-5-19-6-8-22(20,21)9-7-19/h2,4,12H,1,3,5-9H2,(H,17,18). The molecule has 124 valence electrons. The Morgan fingerprint density at radius 1 is 1.36 bits per heavy atom. The zero-order valence-electron chi connectivity index (χ0n) is 11.9. The second-order valence-electron chi connectivity index (χ2n) is 5.14. The molecule has 1 N–H and O–H groups in total. The van der Waals surface area contributed by atoms with Crippen molar-refractivity contribution in [1.29, 1.82) is 0 Å². The molecule has 0 saturated carbocycles. The summed E-state index contributed by atoms with van der Waals surface area (Å²) in [5, 5.41) is 3.03. The van der Waals surface area contributed by atoms with Crippen molar-refractivity contribution in [1.82, 2.24) is 9.88 Å². The van der Waals surface area contributed by atoms with E-state index in [2.05, 4.69) is 31.1 Å². The predicted octanol–water partition coefficient (Wildman–Crippen LogP) is 2.31. The first-order chi connectivity index (χ1) is 10.4. The van der Waals surface area contributed by atoms with E-state index in [1.807, 2.05) is 0 Å². The van der Waals surface area contributed by atoms with Gasteiger partial charge in [0, 0.05) is 31.4 Å². The van der Waals surface area contributed by atoms with Crippen LogP contribution in [0.2, 0.25) is 0 Å². The summed E-state index contributed by atoms with van der Waals surface area (Å²) in [4.78, 5) is 6.14. The number of nitrogens with zero attached hydrogens (tertiary/aromatic N) is 2. The molecule has 1 fully saturated rings. The van der Waals surface area contributed by atoms with Crippen LogP contribution in [0.1, 0.15) is 18.4 Å². The van der Waals surface area contributed by atoms with Gasteiger partial charge in [-0.3, -0.25) is 0 Å². The summed E-state index contributed by atoms with van der Waals surface area (Å²) in [6.07, 6.45) is -0.412. The largest absolute Gasteiger partial charge is 0.369 e. The number of alkyl halides is 2. The van der Waals surface area contributed by atoms with E-state index in [0.29, 0.717) is 25.5 Å². The molecule has 9 heteroatoms. The molecule has 1 aromatic rings. The smallest absolute Gasteiger partial charge is 0.265 e. The highest BCUT2D eigenvalue weighted by Crippen LogP contribution is 2.31. The van der Waals surface area contributed by atoms with Crippen molar-refractivity contribution >= 4 is 31.6 Å². The second kappa shape index (κ2) is 7.65. The minimum absolute atomic E-state index is 0.0845.